The number of esters is 2. The summed E-state index contributed by atoms with van der Waals surface area (Å²) in [5, 5.41) is 0. The second kappa shape index (κ2) is 15.2. The van der Waals surface area contributed by atoms with Gasteiger partial charge in [0.1, 0.15) is 36.9 Å². The molecule has 0 amide bonds. The van der Waals surface area contributed by atoms with E-state index in [-0.39, 0.29) is 25.4 Å². The predicted molar refractivity (Wildman–Crippen MR) is 159 cm³/mol. The topological polar surface area (TPSA) is 71.1 Å². The summed E-state index contributed by atoms with van der Waals surface area (Å²) in [7, 11) is 0. The summed E-state index contributed by atoms with van der Waals surface area (Å²) in [4.78, 5) is 27.6. The monoisotopic (exact) mass is 578 g/mol. The summed E-state index contributed by atoms with van der Waals surface area (Å²) in [6.07, 6.45) is -0.732. The van der Waals surface area contributed by atoms with Crippen LogP contribution in [0.1, 0.15) is 27.7 Å². The predicted octanol–water partition coefficient (Wildman–Crippen LogP) is 7.76. The first-order valence-corrected chi connectivity index (χ1v) is 14.4. The van der Waals surface area contributed by atoms with E-state index in [1.54, 1.807) is 51.2 Å². The highest BCUT2D eigenvalue weighted by Gasteiger charge is 2.12. The second-order valence-corrected chi connectivity index (χ2v) is 11.5. The fraction of sp³-hybridized carbons (Fsp3) is 0.250. The highest BCUT2D eigenvalue weighted by atomic mass is 32.2. The van der Waals surface area contributed by atoms with E-state index in [9.17, 15) is 9.59 Å². The number of carbonyl (C=O) groups is 2. The minimum atomic E-state index is -0.415. The molecule has 0 aromatic heterocycles. The van der Waals surface area contributed by atoms with Crippen molar-refractivity contribution in [2.45, 2.75) is 59.5 Å². The molecule has 0 aliphatic heterocycles. The maximum absolute atomic E-state index is 11.6. The van der Waals surface area contributed by atoms with Crippen molar-refractivity contribution in [3.63, 3.8) is 0 Å². The number of carbonyl (C=O) groups excluding carboxylic acids is 2. The quantitative estimate of drug-likeness (QED) is 0.142. The molecule has 3 rings (SSSR count). The van der Waals surface area contributed by atoms with Crippen molar-refractivity contribution in [1.82, 2.24) is 0 Å². The molecule has 8 heteroatoms. The van der Waals surface area contributed by atoms with Crippen LogP contribution in [-0.4, -0.2) is 37.4 Å². The summed E-state index contributed by atoms with van der Waals surface area (Å²) in [5.74, 6) is 0.599. The van der Waals surface area contributed by atoms with Gasteiger partial charge in [0.2, 0.25) is 0 Å². The third-order valence-electron chi connectivity index (χ3n) is 5.23. The standard InChI is InChI=1S/C32H34O6S2/c1-21(2)31(33)37-23(5)19-35-25-7-11-27(12-8-25)39-29-15-17-30(18-16-29)40-28-13-9-26(10-14-28)36-20-24(6)38-32(34)22(3)4/h7-18,23-24H,1,3,19-20H2,2,4-6H3. The molecule has 0 radical (unpaired) electrons. The SMILES string of the molecule is C=C(C)C(=O)OC(C)COc1ccc(Sc2ccc(Sc3ccc(OCC(C)OC(=O)C(=C)C)cc3)cc2)cc1. The second-order valence-electron chi connectivity index (χ2n) is 9.23. The van der Waals surface area contributed by atoms with Gasteiger partial charge in [-0.05, 0) is 100 Å². The largest absolute Gasteiger partial charge is 0.490 e. The number of ether oxygens (including phenoxy) is 4. The van der Waals surface area contributed by atoms with Gasteiger partial charge in [-0.15, -0.1) is 0 Å². The lowest BCUT2D eigenvalue weighted by Crippen LogP contribution is -2.22. The van der Waals surface area contributed by atoms with E-state index in [0.29, 0.717) is 22.6 Å². The smallest absolute Gasteiger partial charge is 0.333 e. The van der Waals surface area contributed by atoms with Crippen molar-refractivity contribution >= 4 is 35.5 Å². The van der Waals surface area contributed by atoms with Crippen molar-refractivity contribution in [3.05, 3.63) is 97.1 Å². The molecule has 0 heterocycles. The van der Waals surface area contributed by atoms with Gasteiger partial charge in [-0.25, -0.2) is 9.59 Å². The molecule has 0 aliphatic rings. The zero-order valence-corrected chi connectivity index (χ0v) is 24.8. The zero-order valence-electron chi connectivity index (χ0n) is 23.2. The Hall–Kier alpha value is -3.62. The molecule has 40 heavy (non-hydrogen) atoms. The number of hydrogen-bond acceptors (Lipinski definition) is 8. The first-order valence-electron chi connectivity index (χ1n) is 12.7. The molecule has 0 saturated carbocycles. The zero-order chi connectivity index (χ0) is 29.1. The Morgan fingerprint density at radius 2 is 0.875 bits per heavy atom. The van der Waals surface area contributed by atoms with Crippen LogP contribution < -0.4 is 9.47 Å². The Kier molecular flexibility index (Phi) is 11.8. The van der Waals surface area contributed by atoms with Crippen LogP contribution in [0.2, 0.25) is 0 Å². The van der Waals surface area contributed by atoms with Crippen LogP contribution in [-0.2, 0) is 19.1 Å². The average molecular weight is 579 g/mol. The maximum Gasteiger partial charge on any atom is 0.333 e. The van der Waals surface area contributed by atoms with Gasteiger partial charge in [-0.3, -0.25) is 0 Å². The summed E-state index contributed by atoms with van der Waals surface area (Å²) in [6.45, 7) is 14.5. The highest BCUT2D eigenvalue weighted by molar-refractivity contribution is 7.99. The van der Waals surface area contributed by atoms with Crippen molar-refractivity contribution in [3.8, 4) is 11.5 Å². The maximum atomic E-state index is 11.6. The van der Waals surface area contributed by atoms with Gasteiger partial charge in [0.25, 0.3) is 0 Å². The Morgan fingerprint density at radius 1 is 0.600 bits per heavy atom. The Labute approximate surface area is 244 Å². The third kappa shape index (κ3) is 10.5. The van der Waals surface area contributed by atoms with Crippen LogP contribution in [0, 0.1) is 0 Å². The van der Waals surface area contributed by atoms with E-state index in [4.69, 9.17) is 18.9 Å². The molecule has 0 aliphatic carbocycles. The van der Waals surface area contributed by atoms with E-state index in [1.165, 1.54) is 0 Å². The first-order chi connectivity index (χ1) is 19.1. The molecule has 0 fully saturated rings. The molecular weight excluding hydrogens is 544 g/mol. The van der Waals surface area contributed by atoms with Crippen LogP contribution >= 0.6 is 23.5 Å². The molecule has 6 nitrogen and oxygen atoms in total. The lowest BCUT2D eigenvalue weighted by atomic mass is 10.3. The Balaban J connectivity index is 1.44. The average Bonchev–Trinajstić information content (AvgIpc) is 2.93. The minimum absolute atomic E-state index is 0.270. The van der Waals surface area contributed by atoms with E-state index in [2.05, 4.69) is 37.4 Å². The van der Waals surface area contributed by atoms with Crippen LogP contribution in [0.15, 0.2) is 117 Å². The van der Waals surface area contributed by atoms with Crippen LogP contribution in [0.3, 0.4) is 0 Å². The fourth-order valence-corrected chi connectivity index (χ4v) is 4.75. The normalized spacial score (nSPS) is 12.1. The van der Waals surface area contributed by atoms with Crippen molar-refractivity contribution < 1.29 is 28.5 Å². The Morgan fingerprint density at radius 3 is 1.15 bits per heavy atom. The van der Waals surface area contributed by atoms with Gasteiger partial charge >= 0.3 is 11.9 Å². The minimum Gasteiger partial charge on any atom is -0.490 e. The van der Waals surface area contributed by atoms with E-state index >= 15 is 0 Å². The third-order valence-corrected chi connectivity index (χ3v) is 7.26. The molecule has 0 saturated heterocycles. The van der Waals surface area contributed by atoms with Crippen LogP contribution in [0.25, 0.3) is 0 Å². The van der Waals surface area contributed by atoms with Gasteiger partial charge in [-0.2, -0.15) is 0 Å². The summed E-state index contributed by atoms with van der Waals surface area (Å²) in [6, 6.07) is 24.0. The molecule has 3 aromatic carbocycles. The van der Waals surface area contributed by atoms with Crippen molar-refractivity contribution in [1.29, 1.82) is 0 Å². The molecule has 0 bridgehead atoms. The molecule has 3 aromatic rings. The first kappa shape index (κ1) is 30.9. The molecule has 2 atom stereocenters. The highest BCUT2D eigenvalue weighted by Crippen LogP contribution is 2.33. The van der Waals surface area contributed by atoms with E-state index < -0.39 is 11.9 Å². The molecule has 2 unspecified atom stereocenters. The molecule has 0 N–H and O–H groups in total. The van der Waals surface area contributed by atoms with Gasteiger partial charge in [-0.1, -0.05) is 36.7 Å². The van der Waals surface area contributed by atoms with E-state index in [0.717, 1.165) is 19.6 Å². The number of rotatable bonds is 14. The van der Waals surface area contributed by atoms with Gasteiger partial charge in [0.05, 0.1) is 0 Å². The lowest BCUT2D eigenvalue weighted by molar-refractivity contribution is -0.145. The molecular formula is C32H34O6S2. The molecule has 0 spiro atoms. The van der Waals surface area contributed by atoms with Crippen LogP contribution in [0.5, 0.6) is 11.5 Å². The summed E-state index contributed by atoms with van der Waals surface area (Å²) >= 11 is 3.33. The van der Waals surface area contributed by atoms with Crippen molar-refractivity contribution in [2.24, 2.45) is 0 Å². The number of hydrogen-bond donors (Lipinski definition) is 0. The fourth-order valence-electron chi connectivity index (χ4n) is 3.12. The summed E-state index contributed by atoms with van der Waals surface area (Å²) < 4.78 is 21.9. The van der Waals surface area contributed by atoms with Gasteiger partial charge < -0.3 is 18.9 Å². The van der Waals surface area contributed by atoms with Crippen LogP contribution in [0.4, 0.5) is 0 Å². The molecule has 210 valence electrons. The Bertz CT molecular complexity index is 1200. The van der Waals surface area contributed by atoms with Gasteiger partial charge in [0, 0.05) is 30.7 Å². The lowest BCUT2D eigenvalue weighted by Gasteiger charge is -2.14. The van der Waals surface area contributed by atoms with E-state index in [1.807, 2.05) is 48.5 Å². The summed E-state index contributed by atoms with van der Waals surface area (Å²) in [5.41, 5.74) is 0.736. The van der Waals surface area contributed by atoms with Crippen molar-refractivity contribution in [2.75, 3.05) is 13.2 Å². The number of benzene rings is 3. The van der Waals surface area contributed by atoms with Gasteiger partial charge in [0.15, 0.2) is 0 Å².